The Kier molecular flexibility index (Phi) is 5.48. The van der Waals surface area contributed by atoms with Gasteiger partial charge in [0.1, 0.15) is 0 Å². The fourth-order valence-electron chi connectivity index (χ4n) is 1.74. The second kappa shape index (κ2) is 6.95. The molecule has 0 amide bonds. The van der Waals surface area contributed by atoms with Crippen LogP contribution in [0.5, 0.6) is 0 Å². The van der Waals surface area contributed by atoms with E-state index in [1.165, 1.54) is 0 Å². The largest absolute Gasteiger partial charge is 0.392 e. The van der Waals surface area contributed by atoms with Crippen LogP contribution in [0.25, 0.3) is 0 Å². The highest BCUT2D eigenvalue weighted by molar-refractivity contribution is 14.1. The summed E-state index contributed by atoms with van der Waals surface area (Å²) in [7, 11) is -3.50. The van der Waals surface area contributed by atoms with Crippen LogP contribution in [0.15, 0.2) is 42.5 Å². The minimum atomic E-state index is -3.50. The summed E-state index contributed by atoms with van der Waals surface area (Å²) in [5, 5.41) is 9.52. The lowest BCUT2D eigenvalue weighted by atomic mass is 10.2. The van der Waals surface area contributed by atoms with Gasteiger partial charge in [-0.05, 0) is 51.9 Å². The van der Waals surface area contributed by atoms with Crippen molar-refractivity contribution in [1.82, 2.24) is 0 Å². The second-order valence-corrected chi connectivity index (χ2v) is 7.78. The van der Waals surface area contributed by atoms with Crippen molar-refractivity contribution >= 4 is 49.9 Å². The quantitative estimate of drug-likeness (QED) is 0.705. The van der Waals surface area contributed by atoms with Crippen LogP contribution in [-0.4, -0.2) is 13.5 Å². The topological polar surface area (TPSA) is 66.4 Å². The lowest BCUT2D eigenvalue weighted by molar-refractivity contribution is 0.282. The van der Waals surface area contributed by atoms with E-state index in [1.54, 1.807) is 42.5 Å². The first-order chi connectivity index (χ1) is 9.89. The number of halogens is 2. The van der Waals surface area contributed by atoms with E-state index in [1.807, 2.05) is 22.6 Å². The molecule has 0 aliphatic heterocycles. The van der Waals surface area contributed by atoms with Crippen LogP contribution in [0.3, 0.4) is 0 Å². The predicted molar refractivity (Wildman–Crippen MR) is 92.8 cm³/mol. The molecule has 0 unspecified atom stereocenters. The van der Waals surface area contributed by atoms with Crippen LogP contribution in [0.1, 0.15) is 11.1 Å². The van der Waals surface area contributed by atoms with Gasteiger partial charge in [-0.1, -0.05) is 35.9 Å². The Morgan fingerprint density at radius 1 is 1.10 bits per heavy atom. The van der Waals surface area contributed by atoms with E-state index in [2.05, 4.69) is 4.72 Å². The van der Waals surface area contributed by atoms with Crippen LogP contribution in [0, 0.1) is 3.57 Å². The third-order valence-electron chi connectivity index (χ3n) is 2.76. The molecule has 21 heavy (non-hydrogen) atoms. The molecule has 0 spiro atoms. The van der Waals surface area contributed by atoms with Gasteiger partial charge < -0.3 is 5.11 Å². The average Bonchev–Trinajstić information content (AvgIpc) is 2.42. The van der Waals surface area contributed by atoms with E-state index in [-0.39, 0.29) is 12.4 Å². The Labute approximate surface area is 142 Å². The van der Waals surface area contributed by atoms with Crippen LogP contribution >= 0.6 is 34.2 Å². The van der Waals surface area contributed by atoms with E-state index in [9.17, 15) is 8.42 Å². The molecular formula is C14H13ClINO3S. The highest BCUT2D eigenvalue weighted by atomic mass is 127. The first kappa shape index (κ1) is 16.5. The van der Waals surface area contributed by atoms with Gasteiger partial charge in [-0.2, -0.15) is 0 Å². The molecule has 0 saturated heterocycles. The third-order valence-corrected chi connectivity index (χ3v) is 5.13. The van der Waals surface area contributed by atoms with E-state index in [0.29, 0.717) is 16.3 Å². The molecule has 7 heteroatoms. The summed E-state index contributed by atoms with van der Waals surface area (Å²) < 4.78 is 27.6. The van der Waals surface area contributed by atoms with Crippen LogP contribution in [0.4, 0.5) is 5.69 Å². The SMILES string of the molecule is O=S(=O)(Cc1ccc(CO)cc1)Nc1ccc(Cl)cc1I. The molecule has 0 heterocycles. The molecular weight excluding hydrogens is 425 g/mol. The minimum absolute atomic E-state index is 0.0613. The highest BCUT2D eigenvalue weighted by Crippen LogP contribution is 2.24. The van der Waals surface area contributed by atoms with E-state index >= 15 is 0 Å². The Hall–Kier alpha value is -0.830. The van der Waals surface area contributed by atoms with Crippen molar-refractivity contribution in [2.24, 2.45) is 0 Å². The van der Waals surface area contributed by atoms with Crippen LogP contribution in [0.2, 0.25) is 5.02 Å². The molecule has 112 valence electrons. The number of benzene rings is 2. The van der Waals surface area contributed by atoms with Gasteiger partial charge in [0.25, 0.3) is 0 Å². The third kappa shape index (κ3) is 4.84. The molecule has 0 aliphatic carbocycles. The van der Waals surface area contributed by atoms with Gasteiger partial charge in [0, 0.05) is 8.59 Å². The standard InChI is InChI=1S/C14H13ClINO3S/c15-12-5-6-14(13(16)7-12)17-21(19,20)9-11-3-1-10(8-18)2-4-11/h1-7,17-18H,8-9H2. The van der Waals surface area contributed by atoms with Gasteiger partial charge in [-0.3, -0.25) is 4.72 Å². The van der Waals surface area contributed by atoms with Crippen molar-refractivity contribution in [3.05, 3.63) is 62.2 Å². The molecule has 0 fully saturated rings. The first-order valence-corrected chi connectivity index (χ1v) is 9.15. The van der Waals surface area contributed by atoms with Crippen LogP contribution in [-0.2, 0) is 22.4 Å². The molecule has 0 bridgehead atoms. The summed E-state index contributed by atoms with van der Waals surface area (Å²) in [6, 6.07) is 11.8. The zero-order valence-corrected chi connectivity index (χ0v) is 14.6. The second-order valence-electron chi connectivity index (χ2n) is 4.46. The number of nitrogens with one attached hydrogen (secondary N) is 1. The zero-order valence-electron chi connectivity index (χ0n) is 10.9. The first-order valence-electron chi connectivity index (χ1n) is 6.04. The number of rotatable bonds is 5. The number of aliphatic hydroxyl groups is 1. The van der Waals surface area contributed by atoms with Crippen molar-refractivity contribution in [2.45, 2.75) is 12.4 Å². The molecule has 0 radical (unpaired) electrons. The number of aliphatic hydroxyl groups excluding tert-OH is 1. The normalized spacial score (nSPS) is 11.4. The summed E-state index contributed by atoms with van der Waals surface area (Å²) in [6.45, 7) is -0.0613. The Bertz CT molecular complexity index is 732. The molecule has 2 N–H and O–H groups in total. The molecule has 2 aromatic carbocycles. The molecule has 2 rings (SSSR count). The summed E-state index contributed by atoms with van der Waals surface area (Å²) in [5.41, 5.74) is 1.91. The number of hydrogen-bond acceptors (Lipinski definition) is 3. The molecule has 0 atom stereocenters. The van der Waals surface area contributed by atoms with E-state index in [0.717, 1.165) is 9.13 Å². The number of sulfonamides is 1. The Morgan fingerprint density at radius 3 is 2.29 bits per heavy atom. The predicted octanol–water partition coefficient (Wildman–Crippen LogP) is 3.38. The number of anilines is 1. The fraction of sp³-hybridized carbons (Fsp3) is 0.143. The molecule has 0 aliphatic rings. The maximum Gasteiger partial charge on any atom is 0.236 e. The lowest BCUT2D eigenvalue weighted by Gasteiger charge is -2.10. The maximum absolute atomic E-state index is 12.2. The van der Waals surface area contributed by atoms with Crippen molar-refractivity contribution in [1.29, 1.82) is 0 Å². The summed E-state index contributed by atoms with van der Waals surface area (Å²) >= 11 is 7.87. The summed E-state index contributed by atoms with van der Waals surface area (Å²) in [4.78, 5) is 0. The van der Waals surface area contributed by atoms with Crippen molar-refractivity contribution < 1.29 is 13.5 Å². The zero-order chi connectivity index (χ0) is 15.5. The highest BCUT2D eigenvalue weighted by Gasteiger charge is 2.13. The minimum Gasteiger partial charge on any atom is -0.392 e. The smallest absolute Gasteiger partial charge is 0.236 e. The van der Waals surface area contributed by atoms with Gasteiger partial charge in [-0.25, -0.2) is 8.42 Å². The maximum atomic E-state index is 12.2. The van der Waals surface area contributed by atoms with Crippen molar-refractivity contribution in [3.8, 4) is 0 Å². The Balaban J connectivity index is 2.14. The summed E-state index contributed by atoms with van der Waals surface area (Å²) in [5.74, 6) is -0.128. The van der Waals surface area contributed by atoms with Gasteiger partial charge in [0.2, 0.25) is 10.0 Å². The molecule has 0 aromatic heterocycles. The Morgan fingerprint density at radius 2 is 1.71 bits per heavy atom. The van der Waals surface area contributed by atoms with E-state index in [4.69, 9.17) is 16.7 Å². The summed E-state index contributed by atoms with van der Waals surface area (Å²) in [6.07, 6.45) is 0. The lowest BCUT2D eigenvalue weighted by Crippen LogP contribution is -2.15. The average molecular weight is 438 g/mol. The van der Waals surface area contributed by atoms with Gasteiger partial charge in [0.15, 0.2) is 0 Å². The van der Waals surface area contributed by atoms with Gasteiger partial charge in [-0.15, -0.1) is 0 Å². The van der Waals surface area contributed by atoms with Crippen LogP contribution < -0.4 is 4.72 Å². The van der Waals surface area contributed by atoms with Gasteiger partial charge in [0.05, 0.1) is 18.0 Å². The van der Waals surface area contributed by atoms with Crippen molar-refractivity contribution in [2.75, 3.05) is 4.72 Å². The van der Waals surface area contributed by atoms with Gasteiger partial charge >= 0.3 is 0 Å². The molecule has 0 saturated carbocycles. The monoisotopic (exact) mass is 437 g/mol. The van der Waals surface area contributed by atoms with E-state index < -0.39 is 10.0 Å². The number of hydrogen-bond donors (Lipinski definition) is 2. The molecule has 2 aromatic rings. The van der Waals surface area contributed by atoms with Crippen molar-refractivity contribution in [3.63, 3.8) is 0 Å². The fourth-order valence-corrected chi connectivity index (χ4v) is 4.14. The molecule has 4 nitrogen and oxygen atoms in total.